The lowest BCUT2D eigenvalue weighted by Gasteiger charge is -2.17. The van der Waals surface area contributed by atoms with Gasteiger partial charge < -0.3 is 11.1 Å². The minimum atomic E-state index is -0.0191. The highest BCUT2D eigenvalue weighted by Crippen LogP contribution is 2.20. The molecule has 5 heteroatoms. The van der Waals surface area contributed by atoms with E-state index in [4.69, 9.17) is 17.3 Å². The minimum Gasteiger partial charge on any atom is -0.349 e. The van der Waals surface area contributed by atoms with Crippen molar-refractivity contribution in [3.05, 3.63) is 34.9 Å². The van der Waals surface area contributed by atoms with Crippen LogP contribution in [0.4, 0.5) is 0 Å². The maximum absolute atomic E-state index is 11.4. The molecule has 0 fully saturated rings. The Hall–Kier alpha value is -0.770. The number of nitrogens with one attached hydrogen (secondary N) is 1. The Morgan fingerprint density at radius 1 is 1.53 bits per heavy atom. The molecule has 0 aliphatic carbocycles. The quantitative estimate of drug-likeness (QED) is 0.869. The molecule has 3 nitrogen and oxygen atoms in total. The van der Waals surface area contributed by atoms with Crippen molar-refractivity contribution < 1.29 is 4.79 Å². The van der Waals surface area contributed by atoms with Crippen LogP contribution in [0, 0.1) is 0 Å². The van der Waals surface area contributed by atoms with E-state index >= 15 is 0 Å². The van der Waals surface area contributed by atoms with Gasteiger partial charge in [0.2, 0.25) is 5.91 Å². The van der Waals surface area contributed by atoms with Crippen LogP contribution in [-0.4, -0.2) is 12.5 Å². The van der Waals surface area contributed by atoms with Crippen LogP contribution in [0.5, 0.6) is 0 Å². The van der Waals surface area contributed by atoms with E-state index in [0.29, 0.717) is 18.0 Å². The number of hydrogen-bond acceptors (Lipinski definition) is 2. The zero-order valence-electron chi connectivity index (χ0n) is 9.78. The largest absolute Gasteiger partial charge is 0.349 e. The lowest BCUT2D eigenvalue weighted by atomic mass is 10.0. The molecular formula is C12H18Cl2N2O. The predicted molar refractivity (Wildman–Crippen MR) is 73.5 cm³/mol. The molecule has 96 valence electrons. The van der Waals surface area contributed by atoms with Crippen molar-refractivity contribution in [1.82, 2.24) is 5.32 Å². The van der Waals surface area contributed by atoms with Crippen LogP contribution in [0.2, 0.25) is 5.02 Å². The minimum absolute atomic E-state index is 0. The first kappa shape index (κ1) is 16.2. The summed E-state index contributed by atoms with van der Waals surface area (Å²) in [6.07, 6.45) is 1.19. The smallest absolute Gasteiger partial charge is 0.221 e. The summed E-state index contributed by atoms with van der Waals surface area (Å²) < 4.78 is 0. The van der Waals surface area contributed by atoms with Gasteiger partial charge in [-0.25, -0.2) is 0 Å². The number of carbonyl (C=O) groups is 1. The molecule has 0 radical (unpaired) electrons. The molecule has 17 heavy (non-hydrogen) atoms. The molecule has 0 aliphatic heterocycles. The van der Waals surface area contributed by atoms with Crippen molar-refractivity contribution in [2.45, 2.75) is 25.8 Å². The van der Waals surface area contributed by atoms with Gasteiger partial charge >= 0.3 is 0 Å². The van der Waals surface area contributed by atoms with Crippen LogP contribution in [0.1, 0.15) is 31.4 Å². The molecule has 1 atom stereocenters. The molecule has 0 spiro atoms. The molecule has 0 saturated heterocycles. The van der Waals surface area contributed by atoms with Crippen LogP contribution < -0.4 is 11.1 Å². The van der Waals surface area contributed by atoms with Crippen molar-refractivity contribution in [2.75, 3.05) is 6.54 Å². The van der Waals surface area contributed by atoms with Gasteiger partial charge in [-0.3, -0.25) is 4.79 Å². The zero-order valence-corrected chi connectivity index (χ0v) is 11.4. The Labute approximate surface area is 113 Å². The van der Waals surface area contributed by atoms with Gasteiger partial charge in [-0.1, -0.05) is 30.7 Å². The third-order valence-corrected chi connectivity index (χ3v) is 2.60. The van der Waals surface area contributed by atoms with Crippen LogP contribution in [-0.2, 0) is 4.79 Å². The molecule has 0 aliphatic rings. The molecule has 0 heterocycles. The second kappa shape index (κ2) is 8.34. The summed E-state index contributed by atoms with van der Waals surface area (Å²) in [4.78, 5) is 11.4. The Bertz CT molecular complexity index is 358. The maximum atomic E-state index is 11.4. The average Bonchev–Trinajstić information content (AvgIpc) is 2.26. The van der Waals surface area contributed by atoms with E-state index in [2.05, 4.69) is 5.32 Å². The summed E-state index contributed by atoms with van der Waals surface area (Å²) in [6, 6.07) is 7.55. The van der Waals surface area contributed by atoms with Crippen molar-refractivity contribution in [1.29, 1.82) is 0 Å². The Kier molecular flexibility index (Phi) is 7.96. The molecule has 0 bridgehead atoms. The highest BCUT2D eigenvalue weighted by molar-refractivity contribution is 6.30. The fraction of sp³-hybridized carbons (Fsp3) is 0.417. The first-order valence-electron chi connectivity index (χ1n) is 5.42. The summed E-state index contributed by atoms with van der Waals surface area (Å²) in [5, 5.41) is 3.62. The Morgan fingerprint density at radius 2 is 2.24 bits per heavy atom. The molecular weight excluding hydrogens is 259 g/mol. The molecule has 1 aromatic carbocycles. The number of halogens is 2. The van der Waals surface area contributed by atoms with Crippen LogP contribution in [0.3, 0.4) is 0 Å². The predicted octanol–water partition coefficient (Wildman–Crippen LogP) is 2.68. The third kappa shape index (κ3) is 5.39. The lowest BCUT2D eigenvalue weighted by Crippen LogP contribution is -2.29. The number of rotatable bonds is 5. The zero-order chi connectivity index (χ0) is 12.0. The SMILES string of the molecule is CCC(NC(=O)CCN)c1cccc(Cl)c1.Cl. The summed E-state index contributed by atoms with van der Waals surface area (Å²) in [5.41, 5.74) is 6.36. The van der Waals surface area contributed by atoms with E-state index in [1.807, 2.05) is 31.2 Å². The van der Waals surface area contributed by atoms with E-state index < -0.39 is 0 Å². The van der Waals surface area contributed by atoms with Crippen LogP contribution >= 0.6 is 24.0 Å². The fourth-order valence-electron chi connectivity index (χ4n) is 1.54. The second-order valence-corrected chi connectivity index (χ2v) is 4.06. The summed E-state index contributed by atoms with van der Waals surface area (Å²) in [6.45, 7) is 2.39. The molecule has 0 aromatic heterocycles. The van der Waals surface area contributed by atoms with Gasteiger partial charge in [0.25, 0.3) is 0 Å². The average molecular weight is 277 g/mol. The molecule has 1 amide bonds. The van der Waals surface area contributed by atoms with Gasteiger partial charge in [-0.05, 0) is 24.1 Å². The van der Waals surface area contributed by atoms with E-state index in [9.17, 15) is 4.79 Å². The third-order valence-electron chi connectivity index (χ3n) is 2.37. The fourth-order valence-corrected chi connectivity index (χ4v) is 1.74. The van der Waals surface area contributed by atoms with Gasteiger partial charge in [0.15, 0.2) is 0 Å². The van der Waals surface area contributed by atoms with E-state index in [1.54, 1.807) is 0 Å². The van der Waals surface area contributed by atoms with Gasteiger partial charge in [0, 0.05) is 18.0 Å². The normalized spacial score (nSPS) is 11.5. The molecule has 1 aromatic rings. The van der Waals surface area contributed by atoms with Crippen LogP contribution in [0.25, 0.3) is 0 Å². The first-order chi connectivity index (χ1) is 7.67. The molecule has 3 N–H and O–H groups in total. The molecule has 0 saturated carbocycles. The first-order valence-corrected chi connectivity index (χ1v) is 5.80. The summed E-state index contributed by atoms with van der Waals surface area (Å²) in [5.74, 6) is -0.0191. The van der Waals surface area contributed by atoms with Crippen molar-refractivity contribution in [3.63, 3.8) is 0 Å². The van der Waals surface area contributed by atoms with Crippen LogP contribution in [0.15, 0.2) is 24.3 Å². The standard InChI is InChI=1S/C12H17ClN2O.ClH/c1-2-11(15-12(16)6-7-14)9-4-3-5-10(13)8-9;/h3-5,8,11H,2,6-7,14H2,1H3,(H,15,16);1H. The topological polar surface area (TPSA) is 55.1 Å². The Morgan fingerprint density at radius 3 is 2.76 bits per heavy atom. The summed E-state index contributed by atoms with van der Waals surface area (Å²) in [7, 11) is 0. The van der Waals surface area contributed by atoms with E-state index in [-0.39, 0.29) is 24.4 Å². The molecule has 1 unspecified atom stereocenters. The highest BCUT2D eigenvalue weighted by atomic mass is 35.5. The van der Waals surface area contributed by atoms with Crippen molar-refractivity contribution >= 4 is 29.9 Å². The highest BCUT2D eigenvalue weighted by Gasteiger charge is 2.12. The summed E-state index contributed by atoms with van der Waals surface area (Å²) >= 11 is 5.91. The van der Waals surface area contributed by atoms with Crippen molar-refractivity contribution in [2.24, 2.45) is 5.73 Å². The lowest BCUT2D eigenvalue weighted by molar-refractivity contribution is -0.121. The second-order valence-electron chi connectivity index (χ2n) is 3.62. The number of nitrogens with two attached hydrogens (primary N) is 1. The maximum Gasteiger partial charge on any atom is 0.221 e. The van der Waals surface area contributed by atoms with Gasteiger partial charge in [-0.2, -0.15) is 0 Å². The number of carbonyl (C=O) groups excluding carboxylic acids is 1. The van der Waals surface area contributed by atoms with Crippen molar-refractivity contribution in [3.8, 4) is 0 Å². The van der Waals surface area contributed by atoms with E-state index in [0.717, 1.165) is 12.0 Å². The van der Waals surface area contributed by atoms with E-state index in [1.165, 1.54) is 0 Å². The van der Waals surface area contributed by atoms with Gasteiger partial charge in [0.1, 0.15) is 0 Å². The number of amides is 1. The van der Waals surface area contributed by atoms with Gasteiger partial charge in [-0.15, -0.1) is 12.4 Å². The number of benzene rings is 1. The number of hydrogen-bond donors (Lipinski definition) is 2. The van der Waals surface area contributed by atoms with Gasteiger partial charge in [0.05, 0.1) is 6.04 Å². The molecule has 1 rings (SSSR count). The monoisotopic (exact) mass is 276 g/mol. The Balaban J connectivity index is 0.00000256.